The number of aromatic amines is 1. The van der Waals surface area contributed by atoms with E-state index >= 15 is 0 Å². The number of carbonyl (C=O) groups excluding carboxylic acids is 1. The molecule has 1 aromatic heterocycles. The third-order valence-electron chi connectivity index (χ3n) is 1.54. The highest BCUT2D eigenvalue weighted by Crippen LogP contribution is 2.28. The lowest BCUT2D eigenvalue weighted by molar-refractivity contribution is -0.118. The summed E-state index contributed by atoms with van der Waals surface area (Å²) >= 11 is 0. The van der Waals surface area contributed by atoms with Crippen molar-refractivity contribution >= 4 is 17.7 Å². The zero-order valence-electron chi connectivity index (χ0n) is 6.33. The lowest BCUT2D eigenvalue weighted by Crippen LogP contribution is -2.25. The summed E-state index contributed by atoms with van der Waals surface area (Å²) in [6.07, 6.45) is 0. The molecule has 2 heterocycles. The van der Waals surface area contributed by atoms with Crippen molar-refractivity contribution < 1.29 is 19.4 Å². The molecule has 0 bridgehead atoms. The minimum absolute atomic E-state index is 0.0760. The summed E-state index contributed by atoms with van der Waals surface area (Å²) in [4.78, 5) is 21.3. The molecule has 13 heavy (non-hydrogen) atoms. The maximum atomic E-state index is 10.8. The first kappa shape index (κ1) is 7.59. The van der Waals surface area contributed by atoms with Crippen molar-refractivity contribution in [2.24, 2.45) is 0 Å². The van der Waals surface area contributed by atoms with E-state index in [1.54, 1.807) is 0 Å². The van der Waals surface area contributed by atoms with Crippen LogP contribution >= 0.6 is 0 Å². The Hall–Kier alpha value is -2.05. The van der Waals surface area contributed by atoms with Gasteiger partial charge in [0.25, 0.3) is 5.91 Å². The van der Waals surface area contributed by atoms with Crippen molar-refractivity contribution in [1.29, 1.82) is 0 Å². The summed E-state index contributed by atoms with van der Waals surface area (Å²) < 4.78 is 4.88. The Bertz CT molecular complexity index is 383. The Morgan fingerprint density at radius 1 is 1.62 bits per heavy atom. The second kappa shape index (κ2) is 2.47. The molecule has 7 nitrogen and oxygen atoms in total. The van der Waals surface area contributed by atoms with Crippen molar-refractivity contribution in [3.05, 3.63) is 5.69 Å². The summed E-state index contributed by atoms with van der Waals surface area (Å²) in [5, 5.41) is 16.8. The lowest BCUT2D eigenvalue weighted by atomic mass is 10.3. The minimum atomic E-state index is -1.18. The van der Waals surface area contributed by atoms with Gasteiger partial charge in [0.2, 0.25) is 0 Å². The van der Waals surface area contributed by atoms with Gasteiger partial charge in [-0.25, -0.2) is 4.79 Å². The largest absolute Gasteiger partial charge is 0.477 e. The SMILES string of the molecule is O=C1COc2c(n[nH]c2C(=O)O)N1. The first-order valence-corrected chi connectivity index (χ1v) is 3.43. The van der Waals surface area contributed by atoms with Crippen LogP contribution < -0.4 is 10.1 Å². The van der Waals surface area contributed by atoms with Crippen molar-refractivity contribution in [2.45, 2.75) is 0 Å². The number of carboxylic acids is 1. The fourth-order valence-corrected chi connectivity index (χ4v) is 1.01. The van der Waals surface area contributed by atoms with Gasteiger partial charge >= 0.3 is 5.97 Å². The predicted octanol–water partition coefficient (Wildman–Crippen LogP) is -0.561. The molecule has 0 radical (unpaired) electrons. The molecule has 0 spiro atoms. The molecule has 0 aromatic carbocycles. The second-order valence-electron chi connectivity index (χ2n) is 2.42. The van der Waals surface area contributed by atoms with Gasteiger partial charge in [-0.2, -0.15) is 5.10 Å². The zero-order valence-corrected chi connectivity index (χ0v) is 6.33. The van der Waals surface area contributed by atoms with Crippen LogP contribution in [0.4, 0.5) is 5.82 Å². The summed E-state index contributed by atoms with van der Waals surface area (Å²) in [7, 11) is 0. The van der Waals surface area contributed by atoms with Crippen molar-refractivity contribution in [3.8, 4) is 5.75 Å². The molecule has 0 atom stereocenters. The summed E-state index contributed by atoms with van der Waals surface area (Å²) in [5.74, 6) is -1.33. The Labute approximate surface area is 71.7 Å². The average Bonchev–Trinajstić information content (AvgIpc) is 2.46. The van der Waals surface area contributed by atoms with Gasteiger partial charge in [-0.05, 0) is 0 Å². The number of aromatic nitrogens is 2. The van der Waals surface area contributed by atoms with Crippen LogP contribution in [-0.2, 0) is 4.79 Å². The highest BCUT2D eigenvalue weighted by atomic mass is 16.5. The highest BCUT2D eigenvalue weighted by Gasteiger charge is 2.25. The van der Waals surface area contributed by atoms with Crippen LogP contribution in [0.15, 0.2) is 0 Å². The van der Waals surface area contributed by atoms with Crippen LogP contribution in [0.25, 0.3) is 0 Å². The van der Waals surface area contributed by atoms with E-state index in [1.165, 1.54) is 0 Å². The zero-order chi connectivity index (χ0) is 9.42. The van der Waals surface area contributed by atoms with Crippen molar-refractivity contribution in [3.63, 3.8) is 0 Å². The number of amides is 1. The number of nitrogens with one attached hydrogen (secondary N) is 2. The highest BCUT2D eigenvalue weighted by molar-refractivity contribution is 5.98. The number of H-pyrrole nitrogens is 1. The number of carboxylic acid groups (broad SMARTS) is 1. The fraction of sp³-hybridized carbons (Fsp3) is 0.167. The Morgan fingerprint density at radius 3 is 3.08 bits per heavy atom. The van der Waals surface area contributed by atoms with Gasteiger partial charge in [-0.3, -0.25) is 9.89 Å². The number of rotatable bonds is 1. The number of nitrogens with zero attached hydrogens (tertiary/aromatic N) is 1. The van der Waals surface area contributed by atoms with Crippen LogP contribution in [0.3, 0.4) is 0 Å². The average molecular weight is 183 g/mol. The summed E-state index contributed by atoms with van der Waals surface area (Å²) in [6.45, 7) is -0.188. The van der Waals surface area contributed by atoms with Gasteiger partial charge in [0.15, 0.2) is 23.9 Å². The number of ether oxygens (including phenoxy) is 1. The van der Waals surface area contributed by atoms with Gasteiger partial charge < -0.3 is 15.2 Å². The smallest absolute Gasteiger partial charge is 0.357 e. The van der Waals surface area contributed by atoms with Crippen molar-refractivity contribution in [1.82, 2.24) is 10.2 Å². The maximum absolute atomic E-state index is 10.8. The second-order valence-corrected chi connectivity index (χ2v) is 2.42. The molecular formula is C6H5N3O4. The predicted molar refractivity (Wildman–Crippen MR) is 39.7 cm³/mol. The van der Waals surface area contributed by atoms with Gasteiger partial charge in [-0.1, -0.05) is 0 Å². The normalized spacial score (nSPS) is 14.3. The molecule has 2 rings (SSSR count). The van der Waals surface area contributed by atoms with E-state index in [9.17, 15) is 9.59 Å². The molecule has 3 N–H and O–H groups in total. The topological polar surface area (TPSA) is 104 Å². The van der Waals surface area contributed by atoms with Gasteiger partial charge in [0.1, 0.15) is 0 Å². The first-order chi connectivity index (χ1) is 6.18. The number of aromatic carboxylic acids is 1. The van der Waals surface area contributed by atoms with Gasteiger partial charge in [0, 0.05) is 0 Å². The fourth-order valence-electron chi connectivity index (χ4n) is 1.01. The van der Waals surface area contributed by atoms with Gasteiger partial charge in [-0.15, -0.1) is 0 Å². The molecule has 0 saturated heterocycles. The van der Waals surface area contributed by atoms with Crippen LogP contribution in [0.2, 0.25) is 0 Å². The third-order valence-corrected chi connectivity index (χ3v) is 1.54. The first-order valence-electron chi connectivity index (χ1n) is 3.43. The molecule has 7 heteroatoms. The van der Waals surface area contributed by atoms with E-state index < -0.39 is 5.97 Å². The number of hydrogen-bond acceptors (Lipinski definition) is 4. The summed E-state index contributed by atoms with van der Waals surface area (Å²) in [5.41, 5.74) is -0.157. The van der Waals surface area contributed by atoms with E-state index in [2.05, 4.69) is 15.5 Å². The lowest BCUT2D eigenvalue weighted by Gasteiger charge is -2.12. The van der Waals surface area contributed by atoms with Crippen LogP contribution in [0.5, 0.6) is 5.75 Å². The standard InChI is InChI=1S/C6H5N3O4/c10-2-1-13-4-3(6(11)12)8-9-5(4)7-2/h1H2,(H,11,12)(H2,7,8,9,10). The molecule has 1 aliphatic rings. The number of hydrogen-bond donors (Lipinski definition) is 3. The van der Waals surface area contributed by atoms with E-state index in [1.807, 2.05) is 0 Å². The molecule has 1 aromatic rings. The van der Waals surface area contributed by atoms with Crippen LogP contribution in [-0.4, -0.2) is 33.8 Å². The quantitative estimate of drug-likeness (QED) is 0.541. The Morgan fingerprint density at radius 2 is 2.38 bits per heavy atom. The summed E-state index contributed by atoms with van der Waals surface area (Å²) in [6, 6.07) is 0. The van der Waals surface area contributed by atoms with Crippen LogP contribution in [0.1, 0.15) is 10.5 Å². The molecule has 0 saturated carbocycles. The van der Waals surface area contributed by atoms with Crippen LogP contribution in [0, 0.1) is 0 Å². The van der Waals surface area contributed by atoms with E-state index in [0.717, 1.165) is 0 Å². The third kappa shape index (κ3) is 1.10. The number of fused-ring (bicyclic) bond motifs is 1. The molecule has 0 aliphatic carbocycles. The molecule has 1 amide bonds. The van der Waals surface area contributed by atoms with Crippen molar-refractivity contribution in [2.75, 3.05) is 11.9 Å². The maximum Gasteiger partial charge on any atom is 0.357 e. The van der Waals surface area contributed by atoms with E-state index in [0.29, 0.717) is 0 Å². The molecule has 0 unspecified atom stereocenters. The Kier molecular flexibility index (Phi) is 1.44. The van der Waals surface area contributed by atoms with E-state index in [-0.39, 0.29) is 29.8 Å². The molecule has 68 valence electrons. The number of anilines is 1. The van der Waals surface area contributed by atoms with Gasteiger partial charge in [0.05, 0.1) is 0 Å². The number of carbonyl (C=O) groups is 2. The Balaban J connectivity index is 2.44. The minimum Gasteiger partial charge on any atom is -0.477 e. The molecular weight excluding hydrogens is 178 g/mol. The monoisotopic (exact) mass is 183 g/mol. The molecule has 0 fully saturated rings. The molecule has 1 aliphatic heterocycles. The van der Waals surface area contributed by atoms with E-state index in [4.69, 9.17) is 9.84 Å².